The van der Waals surface area contributed by atoms with Gasteiger partial charge in [-0.05, 0) is 18.1 Å². The molecule has 0 saturated carbocycles. The van der Waals surface area contributed by atoms with Crippen molar-refractivity contribution in [2.75, 3.05) is 0 Å². The van der Waals surface area contributed by atoms with E-state index in [2.05, 4.69) is 10.3 Å². The zero-order valence-electron chi connectivity index (χ0n) is 9.27. The topological polar surface area (TPSA) is 56.7 Å². The van der Waals surface area contributed by atoms with Crippen molar-refractivity contribution in [2.45, 2.75) is 12.5 Å². The van der Waals surface area contributed by atoms with E-state index in [0.29, 0.717) is 12.0 Å². The zero-order valence-corrected chi connectivity index (χ0v) is 10.0. The van der Waals surface area contributed by atoms with Crippen molar-refractivity contribution in [3.8, 4) is 0 Å². The lowest BCUT2D eigenvalue weighted by Crippen LogP contribution is -2.17. The van der Waals surface area contributed by atoms with Crippen LogP contribution < -0.4 is 5.73 Å². The molecule has 0 spiro atoms. The molecule has 17 heavy (non-hydrogen) atoms. The van der Waals surface area contributed by atoms with Gasteiger partial charge in [-0.3, -0.25) is 4.68 Å². The molecular formula is C11H12ClFN4. The van der Waals surface area contributed by atoms with E-state index in [4.69, 9.17) is 17.3 Å². The van der Waals surface area contributed by atoms with E-state index in [1.54, 1.807) is 30.1 Å². The fourth-order valence-corrected chi connectivity index (χ4v) is 1.88. The molecule has 2 aromatic rings. The molecule has 2 rings (SSSR count). The number of nitrogens with zero attached hydrogens (tertiary/aromatic N) is 3. The summed E-state index contributed by atoms with van der Waals surface area (Å²) in [5.74, 6) is -0.417. The van der Waals surface area contributed by atoms with Gasteiger partial charge in [0.25, 0.3) is 0 Å². The molecule has 1 heterocycles. The molecule has 1 aromatic heterocycles. The summed E-state index contributed by atoms with van der Waals surface area (Å²) in [5.41, 5.74) is 7.23. The minimum atomic E-state index is -0.417. The highest BCUT2D eigenvalue weighted by molar-refractivity contribution is 6.30. The number of aromatic nitrogens is 3. The summed E-state index contributed by atoms with van der Waals surface area (Å²) < 4.78 is 15.3. The molecule has 0 aliphatic rings. The molecule has 0 saturated heterocycles. The van der Waals surface area contributed by atoms with Crippen molar-refractivity contribution in [1.29, 1.82) is 0 Å². The van der Waals surface area contributed by atoms with E-state index in [1.807, 2.05) is 0 Å². The van der Waals surface area contributed by atoms with Crippen LogP contribution in [0.25, 0.3) is 0 Å². The van der Waals surface area contributed by atoms with Crippen molar-refractivity contribution in [2.24, 2.45) is 12.8 Å². The number of benzene rings is 1. The summed E-state index contributed by atoms with van der Waals surface area (Å²) in [6.45, 7) is 0. The minimum absolute atomic E-state index is 0.109. The van der Waals surface area contributed by atoms with Crippen LogP contribution in [0.15, 0.2) is 24.4 Å². The van der Waals surface area contributed by atoms with Crippen LogP contribution in [0.2, 0.25) is 5.02 Å². The molecule has 1 aromatic carbocycles. The first kappa shape index (κ1) is 12.0. The third kappa shape index (κ3) is 2.45. The maximum absolute atomic E-state index is 13.7. The molecule has 1 unspecified atom stereocenters. The van der Waals surface area contributed by atoms with Gasteiger partial charge in [-0.25, -0.2) is 4.39 Å². The van der Waals surface area contributed by atoms with Gasteiger partial charge in [-0.2, -0.15) is 0 Å². The van der Waals surface area contributed by atoms with E-state index >= 15 is 0 Å². The van der Waals surface area contributed by atoms with Gasteiger partial charge in [0.15, 0.2) is 0 Å². The Hall–Kier alpha value is -1.46. The van der Waals surface area contributed by atoms with Crippen LogP contribution in [-0.2, 0) is 13.5 Å². The Morgan fingerprint density at radius 2 is 2.29 bits per heavy atom. The van der Waals surface area contributed by atoms with Crippen molar-refractivity contribution >= 4 is 11.6 Å². The Morgan fingerprint density at radius 3 is 2.94 bits per heavy atom. The number of hydrogen-bond acceptors (Lipinski definition) is 3. The lowest BCUT2D eigenvalue weighted by Gasteiger charge is -2.12. The molecule has 90 valence electrons. The van der Waals surface area contributed by atoms with Crippen molar-refractivity contribution in [1.82, 2.24) is 15.0 Å². The second-order valence-electron chi connectivity index (χ2n) is 3.81. The van der Waals surface area contributed by atoms with Crippen LogP contribution in [0.1, 0.15) is 17.3 Å². The Morgan fingerprint density at radius 1 is 1.53 bits per heavy atom. The summed E-state index contributed by atoms with van der Waals surface area (Å²) in [5, 5.41) is 7.63. The van der Waals surface area contributed by atoms with Crippen molar-refractivity contribution in [3.05, 3.63) is 46.5 Å². The summed E-state index contributed by atoms with van der Waals surface area (Å²) in [4.78, 5) is 0. The van der Waals surface area contributed by atoms with Crippen LogP contribution in [0.5, 0.6) is 0 Å². The average molecular weight is 255 g/mol. The molecule has 0 bridgehead atoms. The highest BCUT2D eigenvalue weighted by Gasteiger charge is 2.15. The van der Waals surface area contributed by atoms with E-state index in [-0.39, 0.29) is 11.1 Å². The lowest BCUT2D eigenvalue weighted by molar-refractivity contribution is 0.571. The largest absolute Gasteiger partial charge is 0.322 e. The van der Waals surface area contributed by atoms with E-state index in [1.165, 1.54) is 6.07 Å². The molecule has 0 amide bonds. The second-order valence-corrected chi connectivity index (χ2v) is 4.21. The Bertz CT molecular complexity index is 526. The number of halogens is 2. The number of nitrogens with two attached hydrogens (primary N) is 1. The maximum atomic E-state index is 13.7. The minimum Gasteiger partial charge on any atom is -0.322 e. The third-order valence-electron chi connectivity index (χ3n) is 2.60. The number of aryl methyl sites for hydroxylation is 1. The number of rotatable bonds is 3. The molecular weight excluding hydrogens is 243 g/mol. The highest BCUT2D eigenvalue weighted by Crippen LogP contribution is 2.22. The van der Waals surface area contributed by atoms with Crippen LogP contribution in [0.4, 0.5) is 4.39 Å². The van der Waals surface area contributed by atoms with E-state index in [0.717, 1.165) is 5.69 Å². The van der Waals surface area contributed by atoms with Crippen LogP contribution in [0, 0.1) is 5.82 Å². The van der Waals surface area contributed by atoms with Gasteiger partial charge in [0, 0.05) is 7.05 Å². The fraction of sp³-hybridized carbons (Fsp3) is 0.273. The van der Waals surface area contributed by atoms with Gasteiger partial charge in [0.05, 0.1) is 23.0 Å². The van der Waals surface area contributed by atoms with Crippen molar-refractivity contribution in [3.63, 3.8) is 0 Å². The third-order valence-corrected chi connectivity index (χ3v) is 2.89. The second kappa shape index (κ2) is 4.81. The van der Waals surface area contributed by atoms with E-state index in [9.17, 15) is 4.39 Å². The van der Waals surface area contributed by atoms with Crippen molar-refractivity contribution < 1.29 is 4.39 Å². The average Bonchev–Trinajstić information content (AvgIpc) is 2.71. The summed E-state index contributed by atoms with van der Waals surface area (Å²) in [6.07, 6.45) is 1.93. The highest BCUT2D eigenvalue weighted by atomic mass is 35.5. The van der Waals surface area contributed by atoms with Crippen LogP contribution in [0.3, 0.4) is 0 Å². The monoisotopic (exact) mass is 254 g/mol. The van der Waals surface area contributed by atoms with Crippen LogP contribution in [-0.4, -0.2) is 15.0 Å². The molecule has 4 nitrogen and oxygen atoms in total. The molecule has 0 aliphatic heterocycles. The van der Waals surface area contributed by atoms with Crippen LogP contribution >= 0.6 is 11.6 Å². The van der Waals surface area contributed by atoms with Gasteiger partial charge >= 0.3 is 0 Å². The van der Waals surface area contributed by atoms with Gasteiger partial charge in [-0.15, -0.1) is 5.10 Å². The molecule has 6 heteroatoms. The molecule has 0 radical (unpaired) electrons. The number of hydrogen-bond donors (Lipinski definition) is 1. The predicted octanol–water partition coefficient (Wildman–Crippen LogP) is 1.85. The van der Waals surface area contributed by atoms with Gasteiger partial charge in [0.2, 0.25) is 0 Å². The summed E-state index contributed by atoms with van der Waals surface area (Å²) in [7, 11) is 1.75. The van der Waals surface area contributed by atoms with E-state index < -0.39 is 5.82 Å². The zero-order chi connectivity index (χ0) is 12.4. The molecule has 1 atom stereocenters. The Balaban J connectivity index is 2.22. The molecule has 0 aliphatic carbocycles. The normalized spacial score (nSPS) is 12.7. The fourth-order valence-electron chi connectivity index (χ4n) is 1.68. The first-order chi connectivity index (χ1) is 8.09. The Labute approximate surface area is 103 Å². The SMILES string of the molecule is Cn1nncc1C(N)Cc1cccc(Cl)c1F. The first-order valence-electron chi connectivity index (χ1n) is 5.12. The maximum Gasteiger partial charge on any atom is 0.145 e. The van der Waals surface area contributed by atoms with Gasteiger partial charge in [0.1, 0.15) is 5.82 Å². The quantitative estimate of drug-likeness (QED) is 0.910. The smallest absolute Gasteiger partial charge is 0.145 e. The molecule has 0 fully saturated rings. The van der Waals surface area contributed by atoms with Gasteiger partial charge in [-0.1, -0.05) is 28.9 Å². The summed E-state index contributed by atoms with van der Waals surface area (Å²) >= 11 is 5.71. The molecule has 2 N–H and O–H groups in total. The predicted molar refractivity (Wildman–Crippen MR) is 63.0 cm³/mol. The standard InChI is InChI=1S/C11H12ClFN4/c1-17-10(6-15-16-17)9(14)5-7-3-2-4-8(12)11(7)13/h2-4,6,9H,5,14H2,1H3. The lowest BCUT2D eigenvalue weighted by atomic mass is 10.0. The Kier molecular flexibility index (Phi) is 3.40. The first-order valence-corrected chi connectivity index (χ1v) is 5.50. The van der Waals surface area contributed by atoms with Gasteiger partial charge < -0.3 is 5.73 Å². The summed E-state index contributed by atoms with van der Waals surface area (Å²) in [6, 6.07) is 4.53.